The van der Waals surface area contributed by atoms with Crippen LogP contribution in [0.3, 0.4) is 0 Å². The van der Waals surface area contributed by atoms with Crippen LogP contribution < -0.4 is 5.32 Å². The summed E-state index contributed by atoms with van der Waals surface area (Å²) in [7, 11) is -7.17. The maximum atomic E-state index is 12.6. The van der Waals surface area contributed by atoms with Gasteiger partial charge >= 0.3 is 0 Å². The molecule has 0 spiro atoms. The summed E-state index contributed by atoms with van der Waals surface area (Å²) in [5.41, 5.74) is 1.29. The Labute approximate surface area is 204 Å². The number of nitrogens with one attached hydrogen (secondary N) is 1. The molecule has 2 aromatic rings. The van der Waals surface area contributed by atoms with Crippen molar-refractivity contribution < 1.29 is 21.6 Å². The molecule has 0 aromatic heterocycles. The minimum absolute atomic E-state index is 0.0355. The lowest BCUT2D eigenvalue weighted by Crippen LogP contribution is -2.39. The molecule has 12 heteroatoms. The van der Waals surface area contributed by atoms with Gasteiger partial charge in [-0.25, -0.2) is 16.8 Å². The fourth-order valence-corrected chi connectivity index (χ4v) is 5.98. The zero-order valence-electron chi connectivity index (χ0n) is 18.0. The summed E-state index contributed by atoms with van der Waals surface area (Å²) in [6, 6.07) is 11.1. The second-order valence-corrected chi connectivity index (χ2v) is 12.5. The Morgan fingerprint density at radius 3 is 2.15 bits per heavy atom. The average Bonchev–Trinajstić information content (AvgIpc) is 3.30. The maximum absolute atomic E-state index is 12.6. The highest BCUT2D eigenvalue weighted by Crippen LogP contribution is 2.24. The topological polar surface area (TPSA) is 104 Å². The molecule has 1 aliphatic rings. The summed E-state index contributed by atoms with van der Waals surface area (Å²) in [5.74, 6) is -0.491. The quantitative estimate of drug-likeness (QED) is 0.533. The van der Waals surface area contributed by atoms with Gasteiger partial charge in [-0.15, -0.1) is 0 Å². The van der Waals surface area contributed by atoms with Gasteiger partial charge in [0.1, 0.15) is 0 Å². The van der Waals surface area contributed by atoms with E-state index in [1.807, 2.05) is 0 Å². The Hall–Kier alpha value is -1.69. The Kier molecular flexibility index (Phi) is 8.41. The second-order valence-electron chi connectivity index (χ2n) is 7.81. The molecule has 3 rings (SSSR count). The largest absolute Gasteiger partial charge is 0.351 e. The molecular formula is C21H25Cl2N3O5S2. The van der Waals surface area contributed by atoms with E-state index in [-0.39, 0.29) is 24.5 Å². The van der Waals surface area contributed by atoms with Crippen molar-refractivity contribution >= 4 is 49.2 Å². The number of benzene rings is 2. The van der Waals surface area contributed by atoms with Crippen LogP contribution in [0.1, 0.15) is 24.0 Å². The molecular weight excluding hydrogens is 509 g/mol. The lowest BCUT2D eigenvalue weighted by Gasteiger charge is -2.20. The molecule has 0 aliphatic carbocycles. The standard InChI is InChI=1S/C21H25Cl2N3O5S2/c1-32(28,29)26(14-17-6-9-19(22)20(23)12-17)15-21(27)24-13-16-4-7-18(8-5-16)33(30,31)25-10-2-3-11-25/h4-9,12H,2-3,10-11,13-15H2,1H3,(H,24,27). The molecule has 2 aromatic carbocycles. The third-order valence-corrected chi connectivity index (χ3v) is 9.10. The highest BCUT2D eigenvalue weighted by atomic mass is 35.5. The third-order valence-electron chi connectivity index (χ3n) is 5.25. The van der Waals surface area contributed by atoms with Gasteiger partial charge in [0.05, 0.1) is 27.7 Å². The molecule has 0 atom stereocenters. The van der Waals surface area contributed by atoms with Crippen molar-refractivity contribution in [3.05, 3.63) is 63.6 Å². The van der Waals surface area contributed by atoms with E-state index in [4.69, 9.17) is 23.2 Å². The highest BCUT2D eigenvalue weighted by Gasteiger charge is 2.27. The number of carbonyl (C=O) groups excluding carboxylic acids is 1. The molecule has 1 N–H and O–H groups in total. The summed E-state index contributed by atoms with van der Waals surface area (Å²) in [6.07, 6.45) is 2.75. The smallest absolute Gasteiger partial charge is 0.243 e. The van der Waals surface area contributed by atoms with E-state index in [2.05, 4.69) is 5.32 Å². The van der Waals surface area contributed by atoms with Crippen molar-refractivity contribution in [3.8, 4) is 0 Å². The molecule has 1 aliphatic heterocycles. The molecule has 0 bridgehead atoms. The molecule has 0 radical (unpaired) electrons. The molecule has 1 saturated heterocycles. The minimum atomic E-state index is -3.67. The van der Waals surface area contributed by atoms with Crippen molar-refractivity contribution in [2.45, 2.75) is 30.8 Å². The molecule has 1 fully saturated rings. The van der Waals surface area contributed by atoms with Gasteiger partial charge in [-0.3, -0.25) is 4.79 Å². The predicted molar refractivity (Wildman–Crippen MR) is 128 cm³/mol. The van der Waals surface area contributed by atoms with Crippen LogP contribution in [0.5, 0.6) is 0 Å². The number of hydrogen-bond donors (Lipinski definition) is 1. The van der Waals surface area contributed by atoms with Crippen LogP contribution in [0, 0.1) is 0 Å². The van der Waals surface area contributed by atoms with E-state index in [0.29, 0.717) is 34.3 Å². The normalized spacial score (nSPS) is 15.2. The number of amides is 1. The van der Waals surface area contributed by atoms with E-state index < -0.39 is 26.0 Å². The lowest BCUT2D eigenvalue weighted by atomic mass is 10.2. The number of hydrogen-bond acceptors (Lipinski definition) is 5. The molecule has 0 unspecified atom stereocenters. The first-order valence-electron chi connectivity index (χ1n) is 10.2. The van der Waals surface area contributed by atoms with Gasteiger partial charge in [0, 0.05) is 26.2 Å². The fraction of sp³-hybridized carbons (Fsp3) is 0.381. The number of sulfonamides is 2. The molecule has 1 amide bonds. The zero-order valence-corrected chi connectivity index (χ0v) is 21.1. The summed E-state index contributed by atoms with van der Waals surface area (Å²) >= 11 is 11.9. The molecule has 0 saturated carbocycles. The summed E-state index contributed by atoms with van der Waals surface area (Å²) < 4.78 is 52.0. The molecule has 33 heavy (non-hydrogen) atoms. The Balaban J connectivity index is 1.60. The van der Waals surface area contributed by atoms with Crippen LogP contribution >= 0.6 is 23.2 Å². The van der Waals surface area contributed by atoms with Gasteiger partial charge in [-0.1, -0.05) is 41.4 Å². The van der Waals surface area contributed by atoms with Gasteiger partial charge in [0.25, 0.3) is 0 Å². The minimum Gasteiger partial charge on any atom is -0.351 e. The van der Waals surface area contributed by atoms with E-state index in [9.17, 15) is 21.6 Å². The van der Waals surface area contributed by atoms with Crippen LogP contribution in [0.2, 0.25) is 10.0 Å². The fourth-order valence-electron chi connectivity index (χ4n) is 3.41. The van der Waals surface area contributed by atoms with Crippen molar-refractivity contribution in [1.82, 2.24) is 13.9 Å². The molecule has 180 valence electrons. The predicted octanol–water partition coefficient (Wildman–Crippen LogP) is 2.86. The summed E-state index contributed by atoms with van der Waals surface area (Å²) in [6.45, 7) is 0.776. The number of nitrogens with zero attached hydrogens (tertiary/aromatic N) is 2. The van der Waals surface area contributed by atoms with Crippen LogP contribution in [0.25, 0.3) is 0 Å². The maximum Gasteiger partial charge on any atom is 0.243 e. The van der Waals surface area contributed by atoms with Gasteiger partial charge in [0.2, 0.25) is 26.0 Å². The van der Waals surface area contributed by atoms with Gasteiger partial charge in [-0.2, -0.15) is 8.61 Å². The number of halogens is 2. The Morgan fingerprint density at radius 2 is 1.58 bits per heavy atom. The van der Waals surface area contributed by atoms with Gasteiger partial charge < -0.3 is 5.32 Å². The van der Waals surface area contributed by atoms with E-state index in [1.54, 1.807) is 30.3 Å². The van der Waals surface area contributed by atoms with Crippen molar-refractivity contribution in [2.75, 3.05) is 25.9 Å². The first kappa shape index (κ1) is 25.9. The van der Waals surface area contributed by atoms with Crippen LogP contribution in [0.15, 0.2) is 47.4 Å². The van der Waals surface area contributed by atoms with Gasteiger partial charge in [0.15, 0.2) is 0 Å². The molecule has 1 heterocycles. The lowest BCUT2D eigenvalue weighted by molar-refractivity contribution is -0.121. The summed E-state index contributed by atoms with van der Waals surface area (Å²) in [5, 5.41) is 3.31. The van der Waals surface area contributed by atoms with Crippen molar-refractivity contribution in [3.63, 3.8) is 0 Å². The number of rotatable bonds is 9. The first-order valence-corrected chi connectivity index (χ1v) is 14.3. The third kappa shape index (κ3) is 6.91. The van der Waals surface area contributed by atoms with E-state index in [1.165, 1.54) is 16.4 Å². The monoisotopic (exact) mass is 533 g/mol. The number of carbonyl (C=O) groups is 1. The SMILES string of the molecule is CS(=O)(=O)N(CC(=O)NCc1ccc(S(=O)(=O)N2CCCC2)cc1)Cc1ccc(Cl)c(Cl)c1. The average molecular weight is 534 g/mol. The zero-order chi connectivity index (χ0) is 24.2. The Morgan fingerprint density at radius 1 is 0.970 bits per heavy atom. The summed E-state index contributed by atoms with van der Waals surface area (Å²) in [4.78, 5) is 12.6. The first-order chi connectivity index (χ1) is 15.5. The van der Waals surface area contributed by atoms with Crippen LogP contribution in [0.4, 0.5) is 0 Å². The van der Waals surface area contributed by atoms with Gasteiger partial charge in [-0.05, 0) is 48.2 Å². The van der Waals surface area contributed by atoms with Crippen LogP contribution in [-0.2, 0) is 37.9 Å². The van der Waals surface area contributed by atoms with E-state index in [0.717, 1.165) is 23.4 Å². The highest BCUT2D eigenvalue weighted by molar-refractivity contribution is 7.89. The molecule has 8 nitrogen and oxygen atoms in total. The van der Waals surface area contributed by atoms with E-state index >= 15 is 0 Å². The Bertz CT molecular complexity index is 1210. The van der Waals surface area contributed by atoms with Crippen molar-refractivity contribution in [1.29, 1.82) is 0 Å². The van der Waals surface area contributed by atoms with Crippen molar-refractivity contribution in [2.24, 2.45) is 0 Å². The van der Waals surface area contributed by atoms with Crippen LogP contribution in [-0.4, -0.2) is 57.2 Å². The second kappa shape index (κ2) is 10.7.